The maximum Gasteiger partial charge on any atom is 0.335 e. The number of carbonyl (C=O) groups is 1. The minimum atomic E-state index is -0.963. The summed E-state index contributed by atoms with van der Waals surface area (Å²) in [5.41, 5.74) is 2.53. The van der Waals surface area contributed by atoms with Gasteiger partial charge in [-0.05, 0) is 60.2 Å². The van der Waals surface area contributed by atoms with Gasteiger partial charge in [0.2, 0.25) is 0 Å². The monoisotopic (exact) mass is 362 g/mol. The van der Waals surface area contributed by atoms with Crippen LogP contribution in [0.15, 0.2) is 71.9 Å². The number of nitrogens with zero attached hydrogens (tertiary/aromatic N) is 2. The van der Waals surface area contributed by atoms with Crippen molar-refractivity contribution in [3.8, 4) is 11.5 Å². The van der Waals surface area contributed by atoms with E-state index in [2.05, 4.69) is 9.98 Å². The van der Waals surface area contributed by atoms with E-state index < -0.39 is 5.97 Å². The molecule has 1 N–H and O–H groups in total. The third kappa shape index (κ3) is 4.92. The molecule has 0 aliphatic heterocycles. The molecule has 1 heterocycles. The van der Waals surface area contributed by atoms with E-state index in [4.69, 9.17) is 14.6 Å². The highest BCUT2D eigenvalue weighted by molar-refractivity contribution is 5.88. The predicted octanol–water partition coefficient (Wildman–Crippen LogP) is 4.12. The molecule has 0 unspecified atom stereocenters. The lowest BCUT2D eigenvalue weighted by Gasteiger charge is -2.11. The highest BCUT2D eigenvalue weighted by Crippen LogP contribution is 2.28. The lowest BCUT2D eigenvalue weighted by Crippen LogP contribution is -2.00. The largest absolute Gasteiger partial charge is 0.493 e. The molecule has 0 spiro atoms. The van der Waals surface area contributed by atoms with Crippen LogP contribution in [0.4, 0.5) is 5.69 Å². The number of carboxylic acids is 1. The van der Waals surface area contributed by atoms with Crippen molar-refractivity contribution in [3.05, 3.63) is 83.7 Å². The van der Waals surface area contributed by atoms with Crippen LogP contribution in [0, 0.1) is 0 Å². The number of rotatable bonds is 7. The number of aromatic carboxylic acids is 1. The molecule has 3 aromatic rings. The Morgan fingerprint density at radius 1 is 1.11 bits per heavy atom. The number of pyridine rings is 1. The summed E-state index contributed by atoms with van der Waals surface area (Å²) in [5.74, 6) is 0.248. The van der Waals surface area contributed by atoms with Gasteiger partial charge in [-0.15, -0.1) is 0 Å². The summed E-state index contributed by atoms with van der Waals surface area (Å²) < 4.78 is 11.2. The second-order valence-corrected chi connectivity index (χ2v) is 5.63. The van der Waals surface area contributed by atoms with E-state index in [-0.39, 0.29) is 5.56 Å². The van der Waals surface area contributed by atoms with E-state index in [9.17, 15) is 4.79 Å². The van der Waals surface area contributed by atoms with Crippen molar-refractivity contribution in [2.45, 2.75) is 6.61 Å². The van der Waals surface area contributed by atoms with Crippen molar-refractivity contribution in [2.24, 2.45) is 4.99 Å². The van der Waals surface area contributed by atoms with Crippen molar-refractivity contribution in [1.29, 1.82) is 0 Å². The van der Waals surface area contributed by atoms with Gasteiger partial charge >= 0.3 is 5.97 Å². The molecule has 6 nitrogen and oxygen atoms in total. The van der Waals surface area contributed by atoms with E-state index in [1.54, 1.807) is 31.7 Å². The van der Waals surface area contributed by atoms with E-state index in [1.165, 1.54) is 12.1 Å². The molecule has 2 aromatic carbocycles. The fourth-order valence-electron chi connectivity index (χ4n) is 2.36. The molecule has 1 aromatic heterocycles. The van der Waals surface area contributed by atoms with Crippen LogP contribution in [0.5, 0.6) is 11.5 Å². The number of hydrogen-bond acceptors (Lipinski definition) is 5. The normalized spacial score (nSPS) is 10.7. The molecule has 0 bridgehead atoms. The van der Waals surface area contributed by atoms with Gasteiger partial charge in [0.15, 0.2) is 11.5 Å². The Morgan fingerprint density at radius 2 is 1.93 bits per heavy atom. The van der Waals surface area contributed by atoms with Gasteiger partial charge in [-0.3, -0.25) is 9.98 Å². The molecule has 27 heavy (non-hydrogen) atoms. The molecule has 6 heteroatoms. The number of methoxy groups -OCH3 is 1. The Hall–Kier alpha value is -3.67. The average molecular weight is 362 g/mol. The van der Waals surface area contributed by atoms with Gasteiger partial charge in [0, 0.05) is 12.4 Å². The van der Waals surface area contributed by atoms with Gasteiger partial charge in [0.1, 0.15) is 6.61 Å². The first-order valence-electron chi connectivity index (χ1n) is 8.24. The maximum absolute atomic E-state index is 10.9. The van der Waals surface area contributed by atoms with Gasteiger partial charge in [-0.25, -0.2) is 4.79 Å². The summed E-state index contributed by atoms with van der Waals surface area (Å²) in [7, 11) is 1.58. The van der Waals surface area contributed by atoms with Gasteiger partial charge in [0.05, 0.1) is 24.1 Å². The lowest BCUT2D eigenvalue weighted by molar-refractivity contribution is 0.0697. The summed E-state index contributed by atoms with van der Waals surface area (Å²) in [6.07, 6.45) is 3.40. The Bertz CT molecular complexity index is 938. The molecular formula is C21H18N2O4. The summed E-state index contributed by atoms with van der Waals surface area (Å²) in [6, 6.07) is 17.5. The van der Waals surface area contributed by atoms with Crippen LogP contribution < -0.4 is 9.47 Å². The fraction of sp³-hybridized carbons (Fsp3) is 0.0952. The second-order valence-electron chi connectivity index (χ2n) is 5.63. The number of aliphatic imine (C=N–C) groups is 1. The first kappa shape index (κ1) is 18.1. The first-order valence-corrected chi connectivity index (χ1v) is 8.24. The minimum absolute atomic E-state index is 0.226. The number of ether oxygens (including phenoxy) is 2. The van der Waals surface area contributed by atoms with E-state index >= 15 is 0 Å². The molecule has 0 amide bonds. The fourth-order valence-corrected chi connectivity index (χ4v) is 2.36. The number of hydrogen-bond donors (Lipinski definition) is 1. The third-order valence-electron chi connectivity index (χ3n) is 3.77. The van der Waals surface area contributed by atoms with Crippen LogP contribution in [0.1, 0.15) is 21.6 Å². The van der Waals surface area contributed by atoms with Gasteiger partial charge in [-0.1, -0.05) is 6.07 Å². The summed E-state index contributed by atoms with van der Waals surface area (Å²) in [5, 5.41) is 8.93. The zero-order valence-corrected chi connectivity index (χ0v) is 14.7. The zero-order chi connectivity index (χ0) is 19.1. The Kier molecular flexibility index (Phi) is 5.79. The van der Waals surface area contributed by atoms with Crippen molar-refractivity contribution >= 4 is 17.9 Å². The molecule has 0 saturated heterocycles. The molecule has 3 rings (SSSR count). The minimum Gasteiger partial charge on any atom is -0.493 e. The van der Waals surface area contributed by atoms with Crippen molar-refractivity contribution in [3.63, 3.8) is 0 Å². The molecule has 136 valence electrons. The van der Waals surface area contributed by atoms with Crippen LogP contribution in [0.3, 0.4) is 0 Å². The van der Waals surface area contributed by atoms with Crippen LogP contribution in [-0.4, -0.2) is 29.4 Å². The molecular weight excluding hydrogens is 344 g/mol. The second kappa shape index (κ2) is 8.62. The Labute approximate surface area is 156 Å². The lowest BCUT2D eigenvalue weighted by atomic mass is 10.2. The van der Waals surface area contributed by atoms with Crippen molar-refractivity contribution in [1.82, 2.24) is 4.98 Å². The number of benzene rings is 2. The Morgan fingerprint density at radius 3 is 2.59 bits per heavy atom. The molecule has 0 fully saturated rings. The zero-order valence-electron chi connectivity index (χ0n) is 14.7. The summed E-state index contributed by atoms with van der Waals surface area (Å²) in [4.78, 5) is 19.5. The van der Waals surface area contributed by atoms with E-state index in [0.717, 1.165) is 11.3 Å². The average Bonchev–Trinajstić information content (AvgIpc) is 2.71. The molecule has 0 radical (unpaired) electrons. The standard InChI is InChI=1S/C21H18N2O4/c1-26-19-10-5-15(12-20(19)27-14-18-4-2-3-11-22-18)13-23-17-8-6-16(7-9-17)21(24)25/h2-13H,14H2,1H3,(H,24,25)/b23-13+. The smallest absolute Gasteiger partial charge is 0.335 e. The Balaban J connectivity index is 1.74. The van der Waals surface area contributed by atoms with Gasteiger partial charge in [-0.2, -0.15) is 0 Å². The van der Waals surface area contributed by atoms with Crippen molar-refractivity contribution in [2.75, 3.05) is 7.11 Å². The SMILES string of the molecule is COc1ccc(/C=N/c2ccc(C(=O)O)cc2)cc1OCc1ccccn1. The molecule has 0 atom stereocenters. The maximum atomic E-state index is 10.9. The van der Waals surface area contributed by atoms with Crippen LogP contribution in [0.2, 0.25) is 0 Å². The quantitative estimate of drug-likeness (QED) is 0.640. The molecule has 0 saturated carbocycles. The predicted molar refractivity (Wildman–Crippen MR) is 102 cm³/mol. The van der Waals surface area contributed by atoms with Crippen LogP contribution >= 0.6 is 0 Å². The summed E-state index contributed by atoms with van der Waals surface area (Å²) in [6.45, 7) is 0.328. The number of aromatic nitrogens is 1. The first-order chi connectivity index (χ1) is 13.2. The van der Waals surface area contributed by atoms with Crippen LogP contribution in [-0.2, 0) is 6.61 Å². The van der Waals surface area contributed by atoms with E-state index in [1.807, 2.05) is 36.4 Å². The number of carboxylic acid groups (broad SMARTS) is 1. The van der Waals surface area contributed by atoms with Gasteiger partial charge in [0.25, 0.3) is 0 Å². The highest BCUT2D eigenvalue weighted by atomic mass is 16.5. The summed E-state index contributed by atoms with van der Waals surface area (Å²) >= 11 is 0. The van der Waals surface area contributed by atoms with Gasteiger partial charge < -0.3 is 14.6 Å². The molecule has 0 aliphatic rings. The topological polar surface area (TPSA) is 81.0 Å². The van der Waals surface area contributed by atoms with Crippen LogP contribution in [0.25, 0.3) is 0 Å². The third-order valence-corrected chi connectivity index (χ3v) is 3.77. The highest BCUT2D eigenvalue weighted by Gasteiger charge is 2.06. The van der Waals surface area contributed by atoms with E-state index in [0.29, 0.717) is 23.8 Å². The van der Waals surface area contributed by atoms with Crippen molar-refractivity contribution < 1.29 is 19.4 Å². The molecule has 0 aliphatic carbocycles.